The number of anilines is 1. The molecule has 100 valence electrons. The lowest BCUT2D eigenvalue weighted by atomic mass is 9.90. The van der Waals surface area contributed by atoms with Crippen molar-refractivity contribution >= 4 is 5.69 Å². The molecule has 1 heterocycles. The zero-order chi connectivity index (χ0) is 13.3. The van der Waals surface area contributed by atoms with Crippen LogP contribution in [0.15, 0.2) is 24.3 Å². The van der Waals surface area contributed by atoms with Crippen molar-refractivity contribution in [2.45, 2.75) is 38.8 Å². The van der Waals surface area contributed by atoms with Crippen LogP contribution in [0.4, 0.5) is 5.69 Å². The Morgan fingerprint density at radius 3 is 2.78 bits per heavy atom. The molecule has 0 fully saturated rings. The molecule has 2 unspecified atom stereocenters. The van der Waals surface area contributed by atoms with E-state index < -0.39 is 5.60 Å². The van der Waals surface area contributed by atoms with Gasteiger partial charge in [0.25, 0.3) is 0 Å². The van der Waals surface area contributed by atoms with Crippen molar-refractivity contribution in [3.63, 3.8) is 0 Å². The number of para-hydroxylation sites is 1. The van der Waals surface area contributed by atoms with Crippen LogP contribution in [0, 0.1) is 5.92 Å². The highest BCUT2D eigenvalue weighted by Gasteiger charge is 2.31. The van der Waals surface area contributed by atoms with Gasteiger partial charge in [0.15, 0.2) is 0 Å². The van der Waals surface area contributed by atoms with Crippen molar-refractivity contribution in [2.75, 3.05) is 18.0 Å². The van der Waals surface area contributed by atoms with E-state index in [-0.39, 0.29) is 12.0 Å². The van der Waals surface area contributed by atoms with Gasteiger partial charge in [-0.1, -0.05) is 32.0 Å². The molecule has 0 saturated heterocycles. The summed E-state index contributed by atoms with van der Waals surface area (Å²) in [5, 5.41) is 10.5. The monoisotopic (exact) mass is 248 g/mol. The van der Waals surface area contributed by atoms with Crippen LogP contribution in [0.25, 0.3) is 0 Å². The molecule has 3 N–H and O–H groups in total. The van der Waals surface area contributed by atoms with E-state index in [0.717, 1.165) is 13.0 Å². The fourth-order valence-electron chi connectivity index (χ4n) is 2.44. The Bertz CT molecular complexity index is 415. The smallest absolute Gasteiger partial charge is 0.0816 e. The number of β-amino-alcohol motifs (C(OH)–C–C–N with tert-alkyl or cyclic N) is 1. The molecule has 0 radical (unpaired) electrons. The van der Waals surface area contributed by atoms with Crippen molar-refractivity contribution in [2.24, 2.45) is 11.7 Å². The van der Waals surface area contributed by atoms with Crippen LogP contribution in [0.1, 0.15) is 26.3 Å². The summed E-state index contributed by atoms with van der Waals surface area (Å²) in [6, 6.07) is 8.51. The summed E-state index contributed by atoms with van der Waals surface area (Å²) in [4.78, 5) is 2.23. The molecule has 1 aliphatic rings. The van der Waals surface area contributed by atoms with Gasteiger partial charge in [0.1, 0.15) is 0 Å². The fraction of sp³-hybridized carbons (Fsp3) is 0.600. The highest BCUT2D eigenvalue weighted by atomic mass is 16.3. The van der Waals surface area contributed by atoms with Crippen molar-refractivity contribution in [1.29, 1.82) is 0 Å². The number of fused-ring (bicyclic) bond motifs is 1. The largest absolute Gasteiger partial charge is 0.388 e. The van der Waals surface area contributed by atoms with Crippen LogP contribution in [-0.4, -0.2) is 29.8 Å². The number of hydrogen-bond donors (Lipinski definition) is 2. The molecule has 0 saturated carbocycles. The van der Waals surface area contributed by atoms with Crippen molar-refractivity contribution in [1.82, 2.24) is 0 Å². The van der Waals surface area contributed by atoms with Gasteiger partial charge in [0, 0.05) is 24.8 Å². The summed E-state index contributed by atoms with van der Waals surface area (Å²) in [5.74, 6) is 0.225. The number of nitrogens with two attached hydrogens (primary N) is 1. The Hall–Kier alpha value is -1.06. The summed E-state index contributed by atoms with van der Waals surface area (Å²) in [6.07, 6.45) is 0.927. The molecule has 3 heteroatoms. The second kappa shape index (κ2) is 4.90. The Balaban J connectivity index is 2.24. The number of benzene rings is 1. The SMILES string of the molecule is CC(C)C(C)(O)CN1CC(N)Cc2ccccc21. The summed E-state index contributed by atoms with van der Waals surface area (Å²) in [7, 11) is 0. The highest BCUT2D eigenvalue weighted by Crippen LogP contribution is 2.29. The number of rotatable bonds is 3. The molecule has 2 atom stereocenters. The quantitative estimate of drug-likeness (QED) is 0.857. The molecule has 0 aliphatic carbocycles. The predicted octanol–water partition coefficient (Wildman–Crippen LogP) is 1.78. The lowest BCUT2D eigenvalue weighted by Crippen LogP contribution is -2.51. The van der Waals surface area contributed by atoms with E-state index in [1.807, 2.05) is 13.0 Å². The van der Waals surface area contributed by atoms with Gasteiger partial charge in [0.2, 0.25) is 0 Å². The summed E-state index contributed by atoms with van der Waals surface area (Å²) >= 11 is 0. The average molecular weight is 248 g/mol. The molecule has 0 amide bonds. The first kappa shape index (κ1) is 13.4. The van der Waals surface area contributed by atoms with Crippen molar-refractivity contribution in [3.05, 3.63) is 29.8 Å². The molecule has 0 bridgehead atoms. The maximum Gasteiger partial charge on any atom is 0.0816 e. The van der Waals surface area contributed by atoms with Gasteiger partial charge in [-0.3, -0.25) is 0 Å². The van der Waals surface area contributed by atoms with Crippen LogP contribution < -0.4 is 10.6 Å². The molecule has 18 heavy (non-hydrogen) atoms. The van der Waals surface area contributed by atoms with Crippen LogP contribution in [0.5, 0.6) is 0 Å². The molecule has 1 aromatic rings. The summed E-state index contributed by atoms with van der Waals surface area (Å²) in [5.41, 5.74) is 7.93. The van der Waals surface area contributed by atoms with Gasteiger partial charge in [0.05, 0.1) is 5.60 Å². The molecule has 3 nitrogen and oxygen atoms in total. The van der Waals surface area contributed by atoms with Gasteiger partial charge in [-0.15, -0.1) is 0 Å². The first-order chi connectivity index (χ1) is 8.40. The molecule has 1 aliphatic heterocycles. The number of hydrogen-bond acceptors (Lipinski definition) is 3. The van der Waals surface area contributed by atoms with Gasteiger partial charge in [-0.2, -0.15) is 0 Å². The number of aliphatic hydroxyl groups is 1. The molecule has 0 aromatic heterocycles. The molecule has 0 spiro atoms. The maximum absolute atomic E-state index is 10.5. The van der Waals surface area contributed by atoms with E-state index in [2.05, 4.69) is 36.9 Å². The van der Waals surface area contributed by atoms with Gasteiger partial charge < -0.3 is 15.7 Å². The predicted molar refractivity (Wildman–Crippen MR) is 75.8 cm³/mol. The fourth-order valence-corrected chi connectivity index (χ4v) is 2.44. The van der Waals surface area contributed by atoms with Gasteiger partial charge >= 0.3 is 0 Å². The normalized spacial score (nSPS) is 22.8. The number of nitrogens with zero attached hydrogens (tertiary/aromatic N) is 1. The molecular weight excluding hydrogens is 224 g/mol. The minimum Gasteiger partial charge on any atom is -0.388 e. The Morgan fingerprint density at radius 2 is 2.11 bits per heavy atom. The second-order valence-electron chi connectivity index (χ2n) is 5.99. The van der Waals surface area contributed by atoms with Crippen molar-refractivity contribution in [3.8, 4) is 0 Å². The standard InChI is InChI=1S/C15H24N2O/c1-11(2)15(3,18)10-17-9-13(16)8-12-6-4-5-7-14(12)17/h4-7,11,13,18H,8-10,16H2,1-3H3. The first-order valence-electron chi connectivity index (χ1n) is 6.71. The van der Waals surface area contributed by atoms with Gasteiger partial charge in [-0.25, -0.2) is 0 Å². The van der Waals surface area contributed by atoms with E-state index in [0.29, 0.717) is 6.54 Å². The molecule has 1 aromatic carbocycles. The second-order valence-corrected chi connectivity index (χ2v) is 5.99. The van der Waals surface area contributed by atoms with Crippen LogP contribution in [-0.2, 0) is 6.42 Å². The van der Waals surface area contributed by atoms with Crippen LogP contribution in [0.3, 0.4) is 0 Å². The molecule has 2 rings (SSSR count). The molecular formula is C15H24N2O. The van der Waals surface area contributed by atoms with E-state index in [9.17, 15) is 5.11 Å². The maximum atomic E-state index is 10.5. The average Bonchev–Trinajstić information content (AvgIpc) is 2.28. The zero-order valence-electron chi connectivity index (χ0n) is 11.6. The van der Waals surface area contributed by atoms with E-state index in [4.69, 9.17) is 5.73 Å². The van der Waals surface area contributed by atoms with Crippen LogP contribution >= 0.6 is 0 Å². The van der Waals surface area contributed by atoms with E-state index >= 15 is 0 Å². The lowest BCUT2D eigenvalue weighted by molar-refractivity contribution is 0.0202. The summed E-state index contributed by atoms with van der Waals surface area (Å²) in [6.45, 7) is 7.46. The zero-order valence-corrected chi connectivity index (χ0v) is 11.6. The van der Waals surface area contributed by atoms with Crippen molar-refractivity contribution < 1.29 is 5.11 Å². The Labute approximate surface area is 110 Å². The van der Waals surface area contributed by atoms with Crippen LogP contribution in [0.2, 0.25) is 0 Å². The van der Waals surface area contributed by atoms with E-state index in [1.165, 1.54) is 11.3 Å². The third-order valence-electron chi connectivity index (χ3n) is 4.02. The Kier molecular flexibility index (Phi) is 3.64. The Morgan fingerprint density at radius 1 is 1.44 bits per heavy atom. The topological polar surface area (TPSA) is 49.5 Å². The lowest BCUT2D eigenvalue weighted by Gasteiger charge is -2.40. The van der Waals surface area contributed by atoms with E-state index in [1.54, 1.807) is 0 Å². The first-order valence-corrected chi connectivity index (χ1v) is 6.71. The minimum absolute atomic E-state index is 0.155. The minimum atomic E-state index is -0.690. The highest BCUT2D eigenvalue weighted by molar-refractivity contribution is 5.56. The third-order valence-corrected chi connectivity index (χ3v) is 4.02. The third kappa shape index (κ3) is 2.68. The summed E-state index contributed by atoms with van der Waals surface area (Å²) < 4.78 is 0. The van der Waals surface area contributed by atoms with Gasteiger partial charge in [-0.05, 0) is 30.9 Å².